The first-order chi connectivity index (χ1) is 15.1. The largest absolute Gasteiger partial charge is 0.336 e. The van der Waals surface area contributed by atoms with Gasteiger partial charge in [0.05, 0.1) is 16.7 Å². The molecule has 1 aromatic carbocycles. The van der Waals surface area contributed by atoms with Crippen molar-refractivity contribution in [3.8, 4) is 17.3 Å². The van der Waals surface area contributed by atoms with Crippen LogP contribution in [0.25, 0.3) is 44.8 Å². The third kappa shape index (κ3) is 3.31. The monoisotopic (exact) mass is 409 g/mol. The molecule has 0 fully saturated rings. The lowest BCUT2D eigenvalue weighted by molar-refractivity contribution is 1.00. The molecule has 0 saturated carbocycles. The van der Waals surface area contributed by atoms with Gasteiger partial charge in [-0.2, -0.15) is 5.10 Å². The van der Waals surface area contributed by atoms with E-state index in [1.54, 1.807) is 18.7 Å². The number of H-pyrrole nitrogens is 2. The lowest BCUT2D eigenvalue weighted by Gasteiger charge is -2.01. The third-order valence-electron chi connectivity index (χ3n) is 5.00. The zero-order valence-corrected chi connectivity index (χ0v) is 17.0. The number of benzene rings is 1. The number of nitrogens with one attached hydrogen (secondary N) is 2. The average Bonchev–Trinajstić information content (AvgIpc) is 3.50. The smallest absolute Gasteiger partial charge is 0.166 e. The Morgan fingerprint density at radius 3 is 2.90 bits per heavy atom. The standard InChI is InChI=1S/C22H19N9/c1-13(9-24-11-23-3)15-4-5-17-16(8-15)19(30-29-17)21-27-18-6-7-25-22(20(18)28-21)31-10-14(2)26-12-31/h4-12H,3H2,1-2H3,(H,27,28)(H,29,30)/b13-9+,24-11-. The zero-order chi connectivity index (χ0) is 21.4. The van der Waals surface area contributed by atoms with Crippen LogP contribution in [0.4, 0.5) is 0 Å². The summed E-state index contributed by atoms with van der Waals surface area (Å²) in [5.41, 5.74) is 6.24. The number of aryl methyl sites for hydroxylation is 1. The molecular formula is C22H19N9. The maximum absolute atomic E-state index is 4.82. The Morgan fingerprint density at radius 1 is 1.19 bits per heavy atom. The van der Waals surface area contributed by atoms with E-state index in [-0.39, 0.29) is 0 Å². The van der Waals surface area contributed by atoms with E-state index in [0.29, 0.717) is 11.6 Å². The normalized spacial score (nSPS) is 12.4. The molecule has 5 rings (SSSR count). The molecule has 31 heavy (non-hydrogen) atoms. The van der Waals surface area contributed by atoms with Gasteiger partial charge in [0.15, 0.2) is 11.6 Å². The van der Waals surface area contributed by atoms with Crippen LogP contribution in [-0.2, 0) is 0 Å². The Kier molecular flexibility index (Phi) is 4.47. The Morgan fingerprint density at radius 2 is 2.10 bits per heavy atom. The highest BCUT2D eigenvalue weighted by molar-refractivity contribution is 5.95. The second-order valence-electron chi connectivity index (χ2n) is 7.13. The van der Waals surface area contributed by atoms with E-state index in [1.165, 1.54) is 6.34 Å². The molecule has 0 radical (unpaired) electrons. The van der Waals surface area contributed by atoms with Gasteiger partial charge in [-0.15, -0.1) is 0 Å². The molecule has 0 aliphatic carbocycles. The van der Waals surface area contributed by atoms with Crippen LogP contribution in [0.5, 0.6) is 0 Å². The van der Waals surface area contributed by atoms with Gasteiger partial charge in [-0.1, -0.05) is 6.07 Å². The fourth-order valence-electron chi connectivity index (χ4n) is 3.47. The summed E-state index contributed by atoms with van der Waals surface area (Å²) in [6, 6.07) is 7.99. The van der Waals surface area contributed by atoms with Crippen LogP contribution in [0.2, 0.25) is 0 Å². The molecule has 0 unspecified atom stereocenters. The highest BCUT2D eigenvalue weighted by Crippen LogP contribution is 2.29. The molecule has 9 heteroatoms. The molecule has 152 valence electrons. The summed E-state index contributed by atoms with van der Waals surface area (Å²) < 4.78 is 1.87. The molecule has 4 heterocycles. The van der Waals surface area contributed by atoms with Crippen LogP contribution in [0.3, 0.4) is 0 Å². The number of fused-ring (bicyclic) bond motifs is 2. The van der Waals surface area contributed by atoms with Crippen molar-refractivity contribution in [1.82, 2.24) is 34.7 Å². The van der Waals surface area contributed by atoms with Gasteiger partial charge in [0.1, 0.15) is 23.9 Å². The highest BCUT2D eigenvalue weighted by Gasteiger charge is 2.16. The Balaban J connectivity index is 1.62. The molecule has 0 atom stereocenters. The number of imidazole rings is 2. The van der Waals surface area contributed by atoms with E-state index < -0.39 is 0 Å². The van der Waals surface area contributed by atoms with Crippen molar-refractivity contribution in [1.29, 1.82) is 0 Å². The minimum Gasteiger partial charge on any atom is -0.336 e. The second-order valence-corrected chi connectivity index (χ2v) is 7.13. The van der Waals surface area contributed by atoms with Gasteiger partial charge in [0.25, 0.3) is 0 Å². The average molecular weight is 409 g/mol. The molecule has 4 aromatic heterocycles. The topological polar surface area (TPSA) is 113 Å². The first-order valence-corrected chi connectivity index (χ1v) is 9.63. The second kappa shape index (κ2) is 7.45. The van der Waals surface area contributed by atoms with Crippen molar-refractivity contribution in [3.05, 3.63) is 60.4 Å². The van der Waals surface area contributed by atoms with Crippen LogP contribution >= 0.6 is 0 Å². The highest BCUT2D eigenvalue weighted by atomic mass is 15.2. The molecular weight excluding hydrogens is 390 g/mol. The van der Waals surface area contributed by atoms with Crippen LogP contribution < -0.4 is 0 Å². The summed E-state index contributed by atoms with van der Waals surface area (Å²) in [6.45, 7) is 7.33. The quantitative estimate of drug-likeness (QED) is 0.336. The van der Waals surface area contributed by atoms with Crippen molar-refractivity contribution in [2.45, 2.75) is 13.8 Å². The number of aromatic nitrogens is 7. The Hall–Kier alpha value is -4.40. The van der Waals surface area contributed by atoms with E-state index in [4.69, 9.17) is 4.98 Å². The summed E-state index contributed by atoms with van der Waals surface area (Å²) in [5, 5.41) is 8.56. The first kappa shape index (κ1) is 18.6. The van der Waals surface area contributed by atoms with Gasteiger partial charge >= 0.3 is 0 Å². The van der Waals surface area contributed by atoms with Gasteiger partial charge in [0.2, 0.25) is 0 Å². The molecule has 0 bridgehead atoms. The predicted octanol–water partition coefficient (Wildman–Crippen LogP) is 4.09. The van der Waals surface area contributed by atoms with Crippen LogP contribution in [0, 0.1) is 6.92 Å². The fraction of sp³-hybridized carbons (Fsp3) is 0.0909. The number of pyridine rings is 1. The number of aromatic amines is 2. The van der Waals surface area contributed by atoms with Gasteiger partial charge in [-0.25, -0.2) is 19.9 Å². The maximum Gasteiger partial charge on any atom is 0.166 e. The minimum atomic E-state index is 0.667. The number of nitrogens with zero attached hydrogens (tertiary/aromatic N) is 7. The summed E-state index contributed by atoms with van der Waals surface area (Å²) >= 11 is 0. The van der Waals surface area contributed by atoms with Crippen molar-refractivity contribution in [2.75, 3.05) is 0 Å². The molecule has 5 aromatic rings. The van der Waals surface area contributed by atoms with Gasteiger partial charge in [-0.05, 0) is 49.9 Å². The number of rotatable bonds is 5. The van der Waals surface area contributed by atoms with E-state index in [2.05, 4.69) is 47.9 Å². The van der Waals surface area contributed by atoms with Crippen molar-refractivity contribution >= 4 is 40.6 Å². The minimum absolute atomic E-state index is 0.667. The van der Waals surface area contributed by atoms with Gasteiger partial charge < -0.3 is 4.98 Å². The molecule has 0 aliphatic rings. The summed E-state index contributed by atoms with van der Waals surface area (Å²) in [5.74, 6) is 1.38. The third-order valence-corrected chi connectivity index (χ3v) is 5.00. The van der Waals surface area contributed by atoms with Crippen LogP contribution in [0.15, 0.2) is 59.2 Å². The number of hydrogen-bond donors (Lipinski definition) is 2. The van der Waals surface area contributed by atoms with Crippen LogP contribution in [-0.4, -0.2) is 47.8 Å². The zero-order valence-electron chi connectivity index (χ0n) is 17.0. The summed E-state index contributed by atoms with van der Waals surface area (Å²) in [4.78, 5) is 24.7. The van der Waals surface area contributed by atoms with Gasteiger partial charge in [0, 0.05) is 24.0 Å². The summed E-state index contributed by atoms with van der Waals surface area (Å²) in [6.07, 6.45) is 8.57. The molecule has 0 spiro atoms. The first-order valence-electron chi connectivity index (χ1n) is 9.63. The number of allylic oxidation sites excluding steroid dienone is 1. The molecule has 0 saturated heterocycles. The number of hydrogen-bond acceptors (Lipinski definition) is 5. The van der Waals surface area contributed by atoms with Crippen molar-refractivity contribution in [3.63, 3.8) is 0 Å². The molecule has 2 N–H and O–H groups in total. The van der Waals surface area contributed by atoms with Gasteiger partial charge in [-0.3, -0.25) is 14.7 Å². The van der Waals surface area contributed by atoms with Crippen molar-refractivity contribution in [2.24, 2.45) is 9.98 Å². The fourth-order valence-corrected chi connectivity index (χ4v) is 3.47. The predicted molar refractivity (Wildman–Crippen MR) is 123 cm³/mol. The molecule has 0 amide bonds. The van der Waals surface area contributed by atoms with E-state index in [9.17, 15) is 0 Å². The Bertz CT molecular complexity index is 1480. The Labute approximate surface area is 177 Å². The van der Waals surface area contributed by atoms with E-state index in [1.807, 2.05) is 42.8 Å². The lowest BCUT2D eigenvalue weighted by Crippen LogP contribution is -1.95. The SMILES string of the molecule is C=N/C=N\C=C(/C)c1ccc2[nH]nc(-c3nc4c(-n5cnc(C)c5)nccc4[nH]3)c2c1. The van der Waals surface area contributed by atoms with Crippen molar-refractivity contribution < 1.29 is 0 Å². The van der Waals surface area contributed by atoms with E-state index >= 15 is 0 Å². The molecule has 0 aliphatic heterocycles. The van der Waals surface area contributed by atoms with Crippen LogP contribution in [0.1, 0.15) is 18.2 Å². The number of aliphatic imine (C=N–C) groups is 2. The van der Waals surface area contributed by atoms with E-state index in [0.717, 1.165) is 44.5 Å². The summed E-state index contributed by atoms with van der Waals surface area (Å²) in [7, 11) is 0. The maximum atomic E-state index is 4.82. The lowest BCUT2D eigenvalue weighted by atomic mass is 10.1. The molecule has 9 nitrogen and oxygen atoms in total.